The van der Waals surface area contributed by atoms with Crippen molar-refractivity contribution in [2.75, 3.05) is 19.0 Å². The topological polar surface area (TPSA) is 90.1 Å². The van der Waals surface area contributed by atoms with E-state index in [9.17, 15) is 4.79 Å². The number of nitrogens with one attached hydrogen (secondary N) is 1. The Kier molecular flexibility index (Phi) is 4.25. The molecule has 1 heterocycles. The quantitative estimate of drug-likeness (QED) is 0.771. The zero-order valence-corrected chi connectivity index (χ0v) is 10.7. The van der Waals surface area contributed by atoms with Crippen molar-refractivity contribution >= 4 is 23.2 Å². The third kappa shape index (κ3) is 3.83. The Hall–Kier alpha value is -1.40. The molecule has 0 unspecified atom stereocenters. The van der Waals surface area contributed by atoms with Crippen molar-refractivity contribution in [2.24, 2.45) is 5.73 Å². The van der Waals surface area contributed by atoms with Crippen LogP contribution >= 0.6 is 11.6 Å². The molecular formula is C10H15ClN4O2. The summed E-state index contributed by atoms with van der Waals surface area (Å²) < 4.78 is 5.24. The fourth-order valence-electron chi connectivity index (χ4n) is 1.06. The van der Waals surface area contributed by atoms with Crippen molar-refractivity contribution in [3.05, 3.63) is 17.2 Å². The van der Waals surface area contributed by atoms with Gasteiger partial charge in [0, 0.05) is 13.7 Å². The van der Waals surface area contributed by atoms with Crippen LogP contribution < -0.4 is 11.1 Å². The van der Waals surface area contributed by atoms with Crippen molar-refractivity contribution in [3.63, 3.8) is 0 Å². The van der Waals surface area contributed by atoms with Gasteiger partial charge in [-0.2, -0.15) is 0 Å². The normalized spacial score (nSPS) is 11.3. The van der Waals surface area contributed by atoms with Crippen LogP contribution in [0.2, 0.25) is 5.28 Å². The standard InChI is InChI=1S/C10H15ClN4O2/c1-10(2,17-3)5-14-6-4-13-9(11)15-7(6)8(12)16/h4,14H,5H2,1-3H3,(H2,12,16). The summed E-state index contributed by atoms with van der Waals surface area (Å²) in [6.07, 6.45) is 1.42. The van der Waals surface area contributed by atoms with Gasteiger partial charge in [0.15, 0.2) is 5.69 Å². The second kappa shape index (κ2) is 5.29. The van der Waals surface area contributed by atoms with Gasteiger partial charge in [-0.3, -0.25) is 4.79 Å². The highest BCUT2D eigenvalue weighted by Gasteiger charge is 2.18. The molecule has 0 atom stereocenters. The van der Waals surface area contributed by atoms with Gasteiger partial charge in [0.2, 0.25) is 5.28 Å². The van der Waals surface area contributed by atoms with Crippen LogP contribution in [0, 0.1) is 0 Å². The smallest absolute Gasteiger partial charge is 0.269 e. The summed E-state index contributed by atoms with van der Waals surface area (Å²) in [5.41, 5.74) is 5.32. The number of rotatable bonds is 5. The van der Waals surface area contributed by atoms with Gasteiger partial charge >= 0.3 is 0 Å². The first-order valence-corrected chi connectivity index (χ1v) is 5.35. The lowest BCUT2D eigenvalue weighted by Crippen LogP contribution is -2.32. The predicted octanol–water partition coefficient (Wildman–Crippen LogP) is 1.07. The maximum absolute atomic E-state index is 11.2. The van der Waals surface area contributed by atoms with E-state index in [-0.39, 0.29) is 16.6 Å². The summed E-state index contributed by atoms with van der Waals surface area (Å²) in [4.78, 5) is 18.7. The molecule has 1 amide bonds. The molecule has 0 saturated heterocycles. The summed E-state index contributed by atoms with van der Waals surface area (Å²) in [7, 11) is 1.61. The second-order valence-electron chi connectivity index (χ2n) is 4.08. The van der Waals surface area contributed by atoms with Gasteiger partial charge in [-0.1, -0.05) is 0 Å². The van der Waals surface area contributed by atoms with E-state index in [4.69, 9.17) is 22.1 Å². The zero-order chi connectivity index (χ0) is 13.1. The maximum atomic E-state index is 11.2. The van der Waals surface area contributed by atoms with E-state index in [0.29, 0.717) is 12.2 Å². The minimum atomic E-state index is -0.660. The van der Waals surface area contributed by atoms with Gasteiger partial charge in [0.1, 0.15) is 0 Å². The van der Waals surface area contributed by atoms with Gasteiger partial charge < -0.3 is 15.8 Å². The number of anilines is 1. The number of halogens is 1. The number of nitrogens with two attached hydrogens (primary N) is 1. The molecule has 0 aliphatic carbocycles. The lowest BCUT2D eigenvalue weighted by molar-refractivity contribution is 0.0343. The summed E-state index contributed by atoms with van der Waals surface area (Å²) in [5, 5.41) is 2.99. The van der Waals surface area contributed by atoms with E-state index in [1.165, 1.54) is 6.20 Å². The first-order valence-electron chi connectivity index (χ1n) is 4.97. The SMILES string of the molecule is COC(C)(C)CNc1cnc(Cl)nc1C(N)=O. The van der Waals surface area contributed by atoms with Crippen LogP contribution in [0.3, 0.4) is 0 Å². The Morgan fingerprint density at radius 3 is 2.82 bits per heavy atom. The molecule has 0 aromatic carbocycles. The van der Waals surface area contributed by atoms with Crippen LogP contribution in [0.5, 0.6) is 0 Å². The van der Waals surface area contributed by atoms with Gasteiger partial charge in [0.25, 0.3) is 5.91 Å². The highest BCUT2D eigenvalue weighted by molar-refractivity contribution is 6.28. The van der Waals surface area contributed by atoms with Gasteiger partial charge in [0.05, 0.1) is 17.5 Å². The molecular weight excluding hydrogens is 244 g/mol. The van der Waals surface area contributed by atoms with E-state index in [1.807, 2.05) is 13.8 Å². The Morgan fingerprint density at radius 1 is 1.65 bits per heavy atom. The minimum Gasteiger partial charge on any atom is -0.379 e. The number of amides is 1. The molecule has 1 aromatic rings. The molecule has 0 aliphatic rings. The van der Waals surface area contributed by atoms with Crippen molar-refractivity contribution < 1.29 is 9.53 Å². The summed E-state index contributed by atoms with van der Waals surface area (Å²) >= 11 is 5.60. The lowest BCUT2D eigenvalue weighted by atomic mass is 10.1. The molecule has 0 saturated carbocycles. The average Bonchev–Trinajstić information content (AvgIpc) is 2.27. The Labute approximate surface area is 105 Å². The molecule has 0 bridgehead atoms. The predicted molar refractivity (Wildman–Crippen MR) is 65.1 cm³/mol. The van der Waals surface area contributed by atoms with Crippen LogP contribution in [0.25, 0.3) is 0 Å². The minimum absolute atomic E-state index is 0.0182. The Bertz CT molecular complexity index is 423. The van der Waals surface area contributed by atoms with Crippen molar-refractivity contribution in [1.29, 1.82) is 0 Å². The van der Waals surface area contributed by atoms with E-state index in [0.717, 1.165) is 0 Å². The fraction of sp³-hybridized carbons (Fsp3) is 0.500. The van der Waals surface area contributed by atoms with E-state index < -0.39 is 5.91 Å². The van der Waals surface area contributed by atoms with Gasteiger partial charge in [-0.05, 0) is 25.4 Å². The molecule has 17 heavy (non-hydrogen) atoms. The number of primary amides is 1. The highest BCUT2D eigenvalue weighted by atomic mass is 35.5. The molecule has 0 radical (unpaired) electrons. The van der Waals surface area contributed by atoms with Crippen molar-refractivity contribution in [3.8, 4) is 0 Å². The molecule has 6 nitrogen and oxygen atoms in total. The zero-order valence-electron chi connectivity index (χ0n) is 9.95. The molecule has 0 spiro atoms. The van der Waals surface area contributed by atoms with Crippen LogP contribution in [-0.2, 0) is 4.74 Å². The van der Waals surface area contributed by atoms with E-state index in [2.05, 4.69) is 15.3 Å². The lowest BCUT2D eigenvalue weighted by Gasteiger charge is -2.24. The average molecular weight is 259 g/mol. The second-order valence-corrected chi connectivity index (χ2v) is 4.42. The molecule has 0 fully saturated rings. The van der Waals surface area contributed by atoms with E-state index in [1.54, 1.807) is 7.11 Å². The molecule has 94 valence electrons. The number of hydrogen-bond donors (Lipinski definition) is 2. The number of ether oxygens (including phenoxy) is 1. The fourth-order valence-corrected chi connectivity index (χ4v) is 1.19. The molecule has 3 N–H and O–H groups in total. The first kappa shape index (κ1) is 13.7. The third-order valence-corrected chi connectivity index (χ3v) is 2.43. The molecule has 1 aromatic heterocycles. The summed E-state index contributed by atoms with van der Waals surface area (Å²) in [6.45, 7) is 4.29. The summed E-state index contributed by atoms with van der Waals surface area (Å²) in [6, 6.07) is 0. The molecule has 7 heteroatoms. The Balaban J connectivity index is 2.88. The van der Waals surface area contributed by atoms with Gasteiger partial charge in [-0.15, -0.1) is 0 Å². The number of carbonyl (C=O) groups is 1. The Morgan fingerprint density at radius 2 is 2.29 bits per heavy atom. The van der Waals surface area contributed by atoms with Crippen LogP contribution in [0.1, 0.15) is 24.3 Å². The number of hydrogen-bond acceptors (Lipinski definition) is 5. The van der Waals surface area contributed by atoms with E-state index >= 15 is 0 Å². The summed E-state index contributed by atoms with van der Waals surface area (Å²) in [5.74, 6) is -0.660. The molecule has 0 aliphatic heterocycles. The first-order chi connectivity index (χ1) is 7.85. The maximum Gasteiger partial charge on any atom is 0.269 e. The monoisotopic (exact) mass is 258 g/mol. The number of nitrogens with zero attached hydrogens (tertiary/aromatic N) is 2. The van der Waals surface area contributed by atoms with Crippen LogP contribution in [0.4, 0.5) is 5.69 Å². The molecule has 1 rings (SSSR count). The van der Waals surface area contributed by atoms with Crippen LogP contribution in [0.15, 0.2) is 6.20 Å². The third-order valence-electron chi connectivity index (χ3n) is 2.25. The number of carbonyl (C=O) groups excluding carboxylic acids is 1. The van der Waals surface area contributed by atoms with Crippen LogP contribution in [-0.4, -0.2) is 35.1 Å². The van der Waals surface area contributed by atoms with Gasteiger partial charge in [-0.25, -0.2) is 9.97 Å². The van der Waals surface area contributed by atoms with Crippen molar-refractivity contribution in [1.82, 2.24) is 9.97 Å². The largest absolute Gasteiger partial charge is 0.379 e. The number of methoxy groups -OCH3 is 1. The highest BCUT2D eigenvalue weighted by Crippen LogP contribution is 2.16. The van der Waals surface area contributed by atoms with Crippen molar-refractivity contribution in [2.45, 2.75) is 19.4 Å². The number of aromatic nitrogens is 2.